The quantitative estimate of drug-likeness (QED) is 0.862. The number of phenols is 1. The number of hydrogen-bond acceptors (Lipinski definition) is 5. The molecular weight excluding hydrogens is 319 g/mol. The van der Waals surface area contributed by atoms with Crippen molar-refractivity contribution >= 4 is 35.1 Å². The fourth-order valence-corrected chi connectivity index (χ4v) is 2.76. The molecule has 3 rings (SSSR count). The molecule has 1 aliphatic carbocycles. The van der Waals surface area contributed by atoms with E-state index in [1.165, 1.54) is 12.1 Å². The molecule has 0 radical (unpaired) electrons. The number of phenolic OH excluding ortho intramolecular Hbond substituents is 1. The van der Waals surface area contributed by atoms with E-state index in [-0.39, 0.29) is 33.6 Å². The second-order valence-corrected chi connectivity index (χ2v) is 6.15. The molecule has 0 amide bonds. The minimum absolute atomic E-state index is 0.0357. The van der Waals surface area contributed by atoms with Crippen molar-refractivity contribution in [2.75, 3.05) is 6.61 Å². The predicted molar refractivity (Wildman–Crippen MR) is 74.6 cm³/mol. The molecule has 1 saturated carbocycles. The predicted octanol–water partition coefficient (Wildman–Crippen LogP) is 2.95. The van der Waals surface area contributed by atoms with E-state index in [1.54, 1.807) is 0 Å². The lowest BCUT2D eigenvalue weighted by Gasteiger charge is -2.11. The van der Waals surface area contributed by atoms with Crippen LogP contribution in [0.3, 0.4) is 0 Å². The van der Waals surface area contributed by atoms with Gasteiger partial charge in [0, 0.05) is 6.42 Å². The van der Waals surface area contributed by atoms with Crippen LogP contribution in [-0.2, 0) is 14.3 Å². The van der Waals surface area contributed by atoms with Crippen molar-refractivity contribution in [1.29, 1.82) is 0 Å². The molecule has 5 nitrogen and oxygen atoms in total. The summed E-state index contributed by atoms with van der Waals surface area (Å²) >= 11 is 11.5. The zero-order valence-corrected chi connectivity index (χ0v) is 12.4. The molecule has 1 N–H and O–H groups in total. The van der Waals surface area contributed by atoms with E-state index in [0.717, 1.165) is 12.8 Å². The van der Waals surface area contributed by atoms with Crippen LogP contribution in [0.5, 0.6) is 5.75 Å². The number of carbonyl (C=O) groups excluding carboxylic acids is 2. The third-order valence-electron chi connectivity index (χ3n) is 3.87. The van der Waals surface area contributed by atoms with E-state index in [9.17, 15) is 14.7 Å². The largest absolute Gasteiger partial charge is 0.505 e. The van der Waals surface area contributed by atoms with E-state index in [0.29, 0.717) is 6.42 Å². The van der Waals surface area contributed by atoms with E-state index in [2.05, 4.69) is 0 Å². The van der Waals surface area contributed by atoms with Crippen LogP contribution >= 0.6 is 23.2 Å². The number of rotatable bonds is 3. The third kappa shape index (κ3) is 2.56. The maximum atomic E-state index is 11.9. The van der Waals surface area contributed by atoms with Crippen molar-refractivity contribution in [3.8, 4) is 5.75 Å². The summed E-state index contributed by atoms with van der Waals surface area (Å²) in [5.41, 5.74) is -0.405. The number of halogens is 2. The number of esters is 2. The lowest BCUT2D eigenvalue weighted by Crippen LogP contribution is -2.18. The van der Waals surface area contributed by atoms with E-state index < -0.39 is 17.8 Å². The van der Waals surface area contributed by atoms with Gasteiger partial charge in [0.1, 0.15) is 29.0 Å². The number of aromatic hydroxyl groups is 1. The van der Waals surface area contributed by atoms with Crippen LogP contribution in [0, 0.1) is 5.41 Å². The minimum Gasteiger partial charge on any atom is -0.505 e. The van der Waals surface area contributed by atoms with Gasteiger partial charge in [-0.25, -0.2) is 4.79 Å². The van der Waals surface area contributed by atoms with Gasteiger partial charge in [0.15, 0.2) is 0 Å². The summed E-state index contributed by atoms with van der Waals surface area (Å²) in [7, 11) is 0. The summed E-state index contributed by atoms with van der Waals surface area (Å²) in [5.74, 6) is -1.36. The van der Waals surface area contributed by atoms with Crippen molar-refractivity contribution in [2.45, 2.75) is 25.4 Å². The van der Waals surface area contributed by atoms with Gasteiger partial charge in [-0.2, -0.15) is 0 Å². The molecule has 0 aromatic heterocycles. The molecule has 1 unspecified atom stereocenters. The van der Waals surface area contributed by atoms with Crippen molar-refractivity contribution in [3.63, 3.8) is 0 Å². The highest BCUT2D eigenvalue weighted by molar-refractivity contribution is 6.43. The van der Waals surface area contributed by atoms with Crippen LogP contribution < -0.4 is 0 Å². The van der Waals surface area contributed by atoms with Crippen LogP contribution in [0.25, 0.3) is 0 Å². The average molecular weight is 331 g/mol. The molecule has 2 aliphatic rings. The van der Waals surface area contributed by atoms with E-state index >= 15 is 0 Å². The highest BCUT2D eigenvalue weighted by atomic mass is 35.5. The summed E-state index contributed by atoms with van der Waals surface area (Å²) in [6.07, 6.45) is 1.83. The van der Waals surface area contributed by atoms with Crippen LogP contribution in [0.1, 0.15) is 29.6 Å². The lowest BCUT2D eigenvalue weighted by atomic mass is 10.0. The van der Waals surface area contributed by atoms with Gasteiger partial charge >= 0.3 is 11.9 Å². The topological polar surface area (TPSA) is 72.8 Å². The van der Waals surface area contributed by atoms with Gasteiger partial charge in [-0.05, 0) is 25.0 Å². The molecule has 1 heterocycles. The molecule has 112 valence electrons. The van der Waals surface area contributed by atoms with Gasteiger partial charge in [-0.15, -0.1) is 0 Å². The number of carbonyl (C=O) groups is 2. The van der Waals surface area contributed by atoms with Crippen molar-refractivity contribution < 1.29 is 24.2 Å². The molecule has 1 aromatic rings. The third-order valence-corrected chi connectivity index (χ3v) is 4.66. The summed E-state index contributed by atoms with van der Waals surface area (Å²) in [5, 5.41) is 9.82. The smallest absolute Gasteiger partial charge is 0.342 e. The lowest BCUT2D eigenvalue weighted by molar-refractivity contribution is -0.146. The Labute approximate surface area is 130 Å². The number of benzene rings is 1. The normalized spacial score (nSPS) is 22.2. The summed E-state index contributed by atoms with van der Waals surface area (Å²) in [6.45, 7) is -0.0357. The second-order valence-electron chi connectivity index (χ2n) is 5.37. The zero-order chi connectivity index (χ0) is 15.2. The molecule has 1 atom stereocenters. The summed E-state index contributed by atoms with van der Waals surface area (Å²) in [6, 6.07) is 2.73. The van der Waals surface area contributed by atoms with Gasteiger partial charge < -0.3 is 14.6 Å². The maximum Gasteiger partial charge on any atom is 0.342 e. The van der Waals surface area contributed by atoms with E-state index in [1.807, 2.05) is 0 Å². The van der Waals surface area contributed by atoms with Gasteiger partial charge in [-0.3, -0.25) is 4.79 Å². The molecule has 7 heteroatoms. The number of cyclic esters (lactones) is 1. The fourth-order valence-electron chi connectivity index (χ4n) is 2.44. The summed E-state index contributed by atoms with van der Waals surface area (Å²) in [4.78, 5) is 23.5. The van der Waals surface area contributed by atoms with Gasteiger partial charge in [-0.1, -0.05) is 23.2 Å². The van der Waals surface area contributed by atoms with E-state index in [4.69, 9.17) is 32.7 Å². The highest BCUT2D eigenvalue weighted by Gasteiger charge is 2.57. The Morgan fingerprint density at radius 3 is 2.76 bits per heavy atom. The Balaban J connectivity index is 1.62. The Bertz CT molecular complexity index is 624. The van der Waals surface area contributed by atoms with Crippen LogP contribution in [0.15, 0.2) is 12.1 Å². The molecular formula is C14H12Cl2O5. The van der Waals surface area contributed by atoms with Crippen LogP contribution in [0.2, 0.25) is 10.0 Å². The van der Waals surface area contributed by atoms with Crippen LogP contribution in [-0.4, -0.2) is 29.8 Å². The van der Waals surface area contributed by atoms with Gasteiger partial charge in [0.2, 0.25) is 0 Å². The number of ether oxygens (including phenoxy) is 2. The second kappa shape index (κ2) is 5.07. The molecule has 1 aromatic carbocycles. The average Bonchev–Trinajstić information content (AvgIpc) is 3.15. The first kappa shape index (κ1) is 14.5. The SMILES string of the molecule is O=C(OCC1CC2(CC2)C(=O)O1)c1ccc(Cl)c(Cl)c1O. The Hall–Kier alpha value is -1.46. The van der Waals surface area contributed by atoms with Crippen molar-refractivity contribution in [2.24, 2.45) is 5.41 Å². The zero-order valence-electron chi connectivity index (χ0n) is 10.9. The molecule has 1 saturated heterocycles. The molecule has 1 aliphatic heterocycles. The van der Waals surface area contributed by atoms with Crippen LogP contribution in [0.4, 0.5) is 0 Å². The fraction of sp³-hybridized carbons (Fsp3) is 0.429. The molecule has 0 bridgehead atoms. The Morgan fingerprint density at radius 1 is 1.43 bits per heavy atom. The molecule has 2 fully saturated rings. The van der Waals surface area contributed by atoms with Crippen molar-refractivity contribution in [3.05, 3.63) is 27.7 Å². The van der Waals surface area contributed by atoms with Gasteiger partial charge in [0.05, 0.1) is 10.4 Å². The Morgan fingerprint density at radius 2 is 2.14 bits per heavy atom. The molecule has 21 heavy (non-hydrogen) atoms. The maximum absolute atomic E-state index is 11.9. The standard InChI is InChI=1S/C14H12Cl2O5/c15-9-2-1-8(11(17)10(9)16)12(18)20-6-7-5-14(3-4-14)13(19)21-7/h1-2,7,17H,3-6H2. The number of hydrogen-bond donors (Lipinski definition) is 1. The first-order valence-corrected chi connectivity index (χ1v) is 7.24. The monoisotopic (exact) mass is 330 g/mol. The first-order chi connectivity index (χ1) is 9.93. The Kier molecular flexibility index (Phi) is 3.50. The minimum atomic E-state index is -0.737. The summed E-state index contributed by atoms with van der Waals surface area (Å²) < 4.78 is 10.3. The molecule has 1 spiro atoms. The first-order valence-electron chi connectivity index (χ1n) is 6.48. The highest BCUT2D eigenvalue weighted by Crippen LogP contribution is 2.54. The van der Waals surface area contributed by atoms with Crippen molar-refractivity contribution in [1.82, 2.24) is 0 Å². The van der Waals surface area contributed by atoms with Gasteiger partial charge in [0.25, 0.3) is 0 Å².